The largest absolute Gasteiger partial charge is 0.478 e. The molecule has 1 fully saturated rings. The van der Waals surface area contributed by atoms with Gasteiger partial charge in [-0.05, 0) is 39.1 Å². The smallest absolute Gasteiger partial charge is 0.328 e. The third kappa shape index (κ3) is 3.57. The molecule has 1 aliphatic heterocycles. The van der Waals surface area contributed by atoms with E-state index in [1.54, 1.807) is 12.1 Å². The van der Waals surface area contributed by atoms with Crippen molar-refractivity contribution >= 4 is 29.3 Å². The molecule has 0 amide bonds. The first-order valence-corrected chi connectivity index (χ1v) is 7.44. The lowest BCUT2D eigenvalue weighted by atomic mass is 10.1. The molecule has 2 rings (SSSR count). The van der Waals surface area contributed by atoms with E-state index in [2.05, 4.69) is 30.7 Å². The summed E-state index contributed by atoms with van der Waals surface area (Å²) in [5.74, 6) is -0.971. The van der Waals surface area contributed by atoms with Crippen LogP contribution >= 0.6 is 11.6 Å². The molecule has 1 aromatic carbocycles. The van der Waals surface area contributed by atoms with Crippen molar-refractivity contribution in [3.05, 3.63) is 34.9 Å². The maximum atomic E-state index is 10.8. The van der Waals surface area contributed by atoms with Gasteiger partial charge >= 0.3 is 5.97 Å². The summed E-state index contributed by atoms with van der Waals surface area (Å²) in [6.07, 6.45) is 2.71. The summed E-state index contributed by atoms with van der Waals surface area (Å²) in [6, 6.07) is 6.56. The van der Waals surface area contributed by atoms with E-state index >= 15 is 0 Å². The summed E-state index contributed by atoms with van der Waals surface area (Å²) in [7, 11) is 2.13. The van der Waals surface area contributed by atoms with Gasteiger partial charge in [0, 0.05) is 47.5 Å². The molecule has 0 radical (unpaired) electrons. The number of hydrogen-bond donors (Lipinski definition) is 1. The van der Waals surface area contributed by atoms with E-state index in [9.17, 15) is 4.79 Å². The van der Waals surface area contributed by atoms with Crippen molar-refractivity contribution in [2.75, 3.05) is 25.0 Å². The predicted octanol–water partition coefficient (Wildman–Crippen LogP) is 2.97. The molecule has 0 aliphatic carbocycles. The number of carboxylic acid groups (broad SMARTS) is 1. The van der Waals surface area contributed by atoms with Crippen LogP contribution in [0.4, 0.5) is 5.69 Å². The second-order valence-electron chi connectivity index (χ2n) is 5.61. The first-order valence-electron chi connectivity index (χ1n) is 7.06. The Morgan fingerprint density at radius 3 is 2.52 bits per heavy atom. The SMILES string of the molecule is CC1CN(c2cccc(Cl)c2/C=C/C(=O)O)CC(C)N1C. The minimum Gasteiger partial charge on any atom is -0.478 e. The van der Waals surface area contributed by atoms with Crippen LogP contribution in [-0.2, 0) is 4.79 Å². The van der Waals surface area contributed by atoms with Gasteiger partial charge < -0.3 is 10.0 Å². The molecule has 1 saturated heterocycles. The highest BCUT2D eigenvalue weighted by Crippen LogP contribution is 2.31. The first-order chi connectivity index (χ1) is 9.90. The first kappa shape index (κ1) is 15.9. The maximum absolute atomic E-state index is 10.8. The zero-order chi connectivity index (χ0) is 15.6. The van der Waals surface area contributed by atoms with Crippen LogP contribution in [0.2, 0.25) is 5.02 Å². The van der Waals surface area contributed by atoms with E-state index in [0.29, 0.717) is 17.1 Å². The van der Waals surface area contributed by atoms with Crippen molar-refractivity contribution in [3.63, 3.8) is 0 Å². The number of rotatable bonds is 3. The normalized spacial score (nSPS) is 23.7. The second-order valence-corrected chi connectivity index (χ2v) is 6.02. The van der Waals surface area contributed by atoms with Gasteiger partial charge in [0.15, 0.2) is 0 Å². The average Bonchev–Trinajstić information content (AvgIpc) is 2.42. The third-order valence-electron chi connectivity index (χ3n) is 4.12. The summed E-state index contributed by atoms with van der Waals surface area (Å²) in [4.78, 5) is 15.4. The number of halogens is 1. The number of likely N-dealkylation sites (N-methyl/N-ethyl adjacent to an activating group) is 1. The van der Waals surface area contributed by atoms with Crippen molar-refractivity contribution in [3.8, 4) is 0 Å². The van der Waals surface area contributed by atoms with Crippen LogP contribution in [-0.4, -0.2) is 48.2 Å². The van der Waals surface area contributed by atoms with Gasteiger partial charge in [0.25, 0.3) is 0 Å². The average molecular weight is 309 g/mol. The van der Waals surface area contributed by atoms with Gasteiger partial charge in [-0.2, -0.15) is 0 Å². The fraction of sp³-hybridized carbons (Fsp3) is 0.438. The van der Waals surface area contributed by atoms with E-state index in [4.69, 9.17) is 16.7 Å². The Labute approximate surface area is 130 Å². The van der Waals surface area contributed by atoms with Gasteiger partial charge in [-0.25, -0.2) is 4.79 Å². The predicted molar refractivity (Wildman–Crippen MR) is 87.0 cm³/mol. The van der Waals surface area contributed by atoms with Gasteiger partial charge in [-0.3, -0.25) is 4.90 Å². The number of aliphatic carboxylic acids is 1. The molecule has 0 saturated carbocycles. The molecule has 21 heavy (non-hydrogen) atoms. The van der Waals surface area contributed by atoms with Crippen LogP contribution in [0.5, 0.6) is 0 Å². The molecule has 2 unspecified atom stereocenters. The minimum absolute atomic E-state index is 0.434. The Bertz CT molecular complexity index is 547. The third-order valence-corrected chi connectivity index (χ3v) is 4.45. The lowest BCUT2D eigenvalue weighted by molar-refractivity contribution is -0.131. The highest BCUT2D eigenvalue weighted by Gasteiger charge is 2.27. The molecular weight excluding hydrogens is 288 g/mol. The molecule has 0 bridgehead atoms. The van der Waals surface area contributed by atoms with Gasteiger partial charge in [0.2, 0.25) is 0 Å². The highest BCUT2D eigenvalue weighted by molar-refractivity contribution is 6.32. The van der Waals surface area contributed by atoms with Crippen LogP contribution in [0.25, 0.3) is 6.08 Å². The van der Waals surface area contributed by atoms with Crippen LogP contribution < -0.4 is 4.90 Å². The van der Waals surface area contributed by atoms with Gasteiger partial charge in [-0.1, -0.05) is 17.7 Å². The van der Waals surface area contributed by atoms with Crippen molar-refractivity contribution in [1.29, 1.82) is 0 Å². The fourth-order valence-corrected chi connectivity index (χ4v) is 2.95. The number of benzene rings is 1. The molecule has 0 spiro atoms. The van der Waals surface area contributed by atoms with Crippen molar-refractivity contribution in [2.45, 2.75) is 25.9 Å². The lowest BCUT2D eigenvalue weighted by Crippen LogP contribution is -2.55. The molecule has 4 nitrogen and oxygen atoms in total. The van der Waals surface area contributed by atoms with E-state index in [1.165, 1.54) is 0 Å². The number of hydrogen-bond acceptors (Lipinski definition) is 3. The zero-order valence-corrected chi connectivity index (χ0v) is 13.3. The fourth-order valence-electron chi connectivity index (χ4n) is 2.72. The molecule has 1 heterocycles. The van der Waals surface area contributed by atoms with Crippen LogP contribution in [0.15, 0.2) is 24.3 Å². The topological polar surface area (TPSA) is 43.8 Å². The molecule has 0 aromatic heterocycles. The van der Waals surface area contributed by atoms with Gasteiger partial charge in [0.05, 0.1) is 0 Å². The summed E-state index contributed by atoms with van der Waals surface area (Å²) in [5, 5.41) is 9.41. The Kier molecular flexibility index (Phi) is 4.91. The van der Waals surface area contributed by atoms with E-state index < -0.39 is 5.97 Å². The van der Waals surface area contributed by atoms with Crippen LogP contribution in [0.1, 0.15) is 19.4 Å². The zero-order valence-electron chi connectivity index (χ0n) is 12.6. The molecule has 1 aromatic rings. The number of carbonyl (C=O) groups is 1. The molecule has 1 N–H and O–H groups in total. The Morgan fingerprint density at radius 1 is 1.33 bits per heavy atom. The monoisotopic (exact) mass is 308 g/mol. The minimum atomic E-state index is -0.971. The summed E-state index contributed by atoms with van der Waals surface area (Å²) in [6.45, 7) is 6.18. The quantitative estimate of drug-likeness (QED) is 0.872. The summed E-state index contributed by atoms with van der Waals surface area (Å²) >= 11 is 6.25. The number of nitrogens with zero attached hydrogens (tertiary/aromatic N) is 2. The molecule has 1 aliphatic rings. The second kappa shape index (κ2) is 6.50. The van der Waals surface area contributed by atoms with Crippen LogP contribution in [0, 0.1) is 0 Å². The van der Waals surface area contributed by atoms with Crippen molar-refractivity contribution < 1.29 is 9.90 Å². The van der Waals surface area contributed by atoms with Crippen molar-refractivity contribution in [2.24, 2.45) is 0 Å². The Morgan fingerprint density at radius 2 is 1.95 bits per heavy atom. The molecule has 114 valence electrons. The van der Waals surface area contributed by atoms with E-state index in [1.807, 2.05) is 12.1 Å². The Balaban J connectivity index is 2.35. The van der Waals surface area contributed by atoms with Gasteiger partial charge in [0.1, 0.15) is 0 Å². The highest BCUT2D eigenvalue weighted by atomic mass is 35.5. The van der Waals surface area contributed by atoms with Crippen molar-refractivity contribution in [1.82, 2.24) is 4.90 Å². The van der Waals surface area contributed by atoms with E-state index in [-0.39, 0.29) is 0 Å². The van der Waals surface area contributed by atoms with Gasteiger partial charge in [-0.15, -0.1) is 0 Å². The Hall–Kier alpha value is -1.52. The molecule has 2 atom stereocenters. The molecule has 5 heteroatoms. The summed E-state index contributed by atoms with van der Waals surface area (Å²) < 4.78 is 0. The standard InChI is InChI=1S/C16H21ClN2O2/c1-11-9-19(10-12(2)18(11)3)15-6-4-5-14(17)13(15)7-8-16(20)21/h4-8,11-12H,9-10H2,1-3H3,(H,20,21)/b8-7+. The summed E-state index contributed by atoms with van der Waals surface area (Å²) in [5.41, 5.74) is 1.76. The maximum Gasteiger partial charge on any atom is 0.328 e. The number of anilines is 1. The number of piperazine rings is 1. The number of carboxylic acids is 1. The molecular formula is C16H21ClN2O2. The van der Waals surface area contributed by atoms with E-state index in [0.717, 1.165) is 30.4 Å². The van der Waals surface area contributed by atoms with Crippen LogP contribution in [0.3, 0.4) is 0 Å². The lowest BCUT2D eigenvalue weighted by Gasteiger charge is -2.44.